The van der Waals surface area contributed by atoms with Crippen LogP contribution < -0.4 is 20.3 Å². The maximum Gasteiger partial charge on any atom is 0.417 e. The van der Waals surface area contributed by atoms with Gasteiger partial charge in [-0.1, -0.05) is 29.8 Å². The standard InChI is InChI=1S/C29H25ClF5N3O4/c1-15(2)38-24-10-7-17(30)12-25(24)42-14-23(28(38)41)37-27(40)22(11-16-5-3-4-6-21(16)32)36-26(39)19-9-8-18(31)13-20(19)29(33,34)35/h3-10,12-13,15,22-23H,11,14H2,1-2H3,(H,36,39)(H,37,40)/t22?,23-/m1/s1. The zero-order valence-corrected chi connectivity index (χ0v) is 23.0. The van der Waals surface area contributed by atoms with Gasteiger partial charge in [0.05, 0.1) is 16.8 Å². The lowest BCUT2D eigenvalue weighted by Gasteiger charge is -2.29. The van der Waals surface area contributed by atoms with Crippen LogP contribution in [0.5, 0.6) is 5.75 Å². The molecule has 13 heteroatoms. The molecule has 0 bridgehead atoms. The van der Waals surface area contributed by atoms with Gasteiger partial charge in [-0.2, -0.15) is 13.2 Å². The third kappa shape index (κ3) is 6.81. The minimum atomic E-state index is -5.08. The Labute approximate surface area is 242 Å². The van der Waals surface area contributed by atoms with Gasteiger partial charge in [0.1, 0.15) is 36.1 Å². The van der Waals surface area contributed by atoms with Crippen LogP contribution in [0, 0.1) is 11.6 Å². The van der Waals surface area contributed by atoms with E-state index in [0.717, 1.165) is 6.07 Å². The first-order chi connectivity index (χ1) is 19.8. The van der Waals surface area contributed by atoms with Gasteiger partial charge < -0.3 is 20.3 Å². The monoisotopic (exact) mass is 609 g/mol. The molecule has 7 nitrogen and oxygen atoms in total. The van der Waals surface area contributed by atoms with Gasteiger partial charge in [0.25, 0.3) is 11.8 Å². The Kier molecular flexibility index (Phi) is 9.05. The molecular formula is C29H25ClF5N3O4. The van der Waals surface area contributed by atoms with Crippen molar-refractivity contribution in [1.82, 2.24) is 10.6 Å². The van der Waals surface area contributed by atoms with Crippen LogP contribution in [0.4, 0.5) is 27.6 Å². The molecule has 42 heavy (non-hydrogen) atoms. The molecule has 222 valence electrons. The Balaban J connectivity index is 1.64. The van der Waals surface area contributed by atoms with Crippen LogP contribution in [-0.2, 0) is 22.2 Å². The number of amides is 3. The van der Waals surface area contributed by atoms with E-state index < -0.39 is 65.2 Å². The Morgan fingerprint density at radius 2 is 1.79 bits per heavy atom. The lowest BCUT2D eigenvalue weighted by molar-refractivity contribution is -0.138. The van der Waals surface area contributed by atoms with Crippen molar-refractivity contribution in [3.05, 3.63) is 94.0 Å². The predicted molar refractivity (Wildman–Crippen MR) is 144 cm³/mol. The van der Waals surface area contributed by atoms with E-state index >= 15 is 0 Å². The van der Waals surface area contributed by atoms with E-state index in [1.54, 1.807) is 26.0 Å². The Hall–Kier alpha value is -4.19. The molecule has 2 atom stereocenters. The number of halogens is 6. The molecule has 1 aliphatic heterocycles. The van der Waals surface area contributed by atoms with Crippen molar-refractivity contribution in [2.24, 2.45) is 0 Å². The number of carbonyl (C=O) groups excluding carboxylic acids is 3. The fourth-order valence-corrected chi connectivity index (χ4v) is 4.68. The topological polar surface area (TPSA) is 87.7 Å². The van der Waals surface area contributed by atoms with Gasteiger partial charge in [-0.25, -0.2) is 8.78 Å². The minimum Gasteiger partial charge on any atom is -0.489 e. The predicted octanol–water partition coefficient (Wildman–Crippen LogP) is 5.30. The number of benzene rings is 3. The fourth-order valence-electron chi connectivity index (χ4n) is 4.52. The summed E-state index contributed by atoms with van der Waals surface area (Å²) in [4.78, 5) is 41.5. The molecule has 0 saturated carbocycles. The number of hydrogen-bond acceptors (Lipinski definition) is 4. The van der Waals surface area contributed by atoms with Crippen molar-refractivity contribution in [3.63, 3.8) is 0 Å². The Bertz CT molecular complexity index is 1510. The normalized spacial score (nSPS) is 15.9. The maximum atomic E-state index is 14.5. The summed E-state index contributed by atoms with van der Waals surface area (Å²) in [6, 6.07) is 8.13. The average molecular weight is 610 g/mol. The van der Waals surface area contributed by atoms with Gasteiger partial charge in [-0.05, 0) is 55.8 Å². The van der Waals surface area contributed by atoms with Crippen molar-refractivity contribution in [2.45, 2.75) is 44.6 Å². The molecule has 3 aromatic carbocycles. The number of nitrogens with one attached hydrogen (secondary N) is 2. The lowest BCUT2D eigenvalue weighted by atomic mass is 10.0. The number of carbonyl (C=O) groups is 3. The molecule has 1 heterocycles. The molecule has 3 aromatic rings. The number of fused-ring (bicyclic) bond motifs is 1. The van der Waals surface area contributed by atoms with Gasteiger partial charge in [0.2, 0.25) is 5.91 Å². The summed E-state index contributed by atoms with van der Waals surface area (Å²) in [5.41, 5.74) is -2.12. The molecule has 1 unspecified atom stereocenters. The number of ether oxygens (including phenoxy) is 1. The van der Waals surface area contributed by atoms with Gasteiger partial charge in [0, 0.05) is 23.6 Å². The SMILES string of the molecule is CC(C)N1C(=O)[C@H](NC(=O)C(Cc2ccccc2F)NC(=O)c2ccc(F)cc2C(F)(F)F)COc2cc(Cl)ccc21. The first-order valence-electron chi connectivity index (χ1n) is 12.7. The maximum absolute atomic E-state index is 14.5. The van der Waals surface area contributed by atoms with E-state index in [4.69, 9.17) is 16.3 Å². The largest absolute Gasteiger partial charge is 0.489 e. The van der Waals surface area contributed by atoms with Crippen LogP contribution in [-0.4, -0.2) is 42.5 Å². The van der Waals surface area contributed by atoms with E-state index in [1.807, 2.05) is 0 Å². The summed E-state index contributed by atoms with van der Waals surface area (Å²) >= 11 is 6.08. The Morgan fingerprint density at radius 1 is 1.07 bits per heavy atom. The molecule has 4 rings (SSSR count). The van der Waals surface area contributed by atoms with Crippen molar-refractivity contribution in [3.8, 4) is 5.75 Å². The summed E-state index contributed by atoms with van der Waals surface area (Å²) in [6.45, 7) is 3.14. The summed E-state index contributed by atoms with van der Waals surface area (Å²) in [5.74, 6) is -4.57. The van der Waals surface area contributed by atoms with Crippen LogP contribution in [0.2, 0.25) is 5.02 Å². The van der Waals surface area contributed by atoms with Gasteiger partial charge >= 0.3 is 6.18 Å². The highest BCUT2D eigenvalue weighted by Gasteiger charge is 2.38. The second-order valence-corrected chi connectivity index (χ2v) is 10.2. The summed E-state index contributed by atoms with van der Waals surface area (Å²) < 4.78 is 74.6. The molecule has 0 radical (unpaired) electrons. The zero-order chi connectivity index (χ0) is 30.8. The summed E-state index contributed by atoms with van der Waals surface area (Å²) in [5, 5.41) is 5.03. The van der Waals surface area contributed by atoms with Crippen molar-refractivity contribution in [2.75, 3.05) is 11.5 Å². The fraction of sp³-hybridized carbons (Fsp3) is 0.276. The molecule has 2 N–H and O–H groups in total. The second-order valence-electron chi connectivity index (χ2n) is 9.80. The number of alkyl halides is 3. The van der Waals surface area contributed by atoms with E-state index in [9.17, 15) is 36.3 Å². The molecule has 0 saturated heterocycles. The van der Waals surface area contributed by atoms with Crippen LogP contribution in [0.3, 0.4) is 0 Å². The lowest BCUT2D eigenvalue weighted by Crippen LogP contribution is -2.57. The van der Waals surface area contributed by atoms with E-state index in [0.29, 0.717) is 22.8 Å². The van der Waals surface area contributed by atoms with Crippen LogP contribution in [0.1, 0.15) is 35.3 Å². The zero-order valence-electron chi connectivity index (χ0n) is 22.3. The van der Waals surface area contributed by atoms with E-state index in [1.165, 1.54) is 29.2 Å². The quantitative estimate of drug-likeness (QED) is 0.356. The first-order valence-corrected chi connectivity index (χ1v) is 13.1. The summed E-state index contributed by atoms with van der Waals surface area (Å²) in [7, 11) is 0. The van der Waals surface area contributed by atoms with Crippen molar-refractivity contribution >= 4 is 35.0 Å². The number of rotatable bonds is 7. The number of nitrogens with zero attached hydrogens (tertiary/aromatic N) is 1. The third-order valence-corrected chi connectivity index (χ3v) is 6.73. The molecule has 0 aromatic heterocycles. The number of hydrogen-bond donors (Lipinski definition) is 2. The van der Waals surface area contributed by atoms with Gasteiger partial charge in [-0.3, -0.25) is 14.4 Å². The van der Waals surface area contributed by atoms with Gasteiger partial charge in [0.15, 0.2) is 0 Å². The minimum absolute atomic E-state index is 0.0256. The molecule has 1 aliphatic rings. The molecular weight excluding hydrogens is 585 g/mol. The number of anilines is 1. The smallest absolute Gasteiger partial charge is 0.417 e. The van der Waals surface area contributed by atoms with Crippen LogP contribution in [0.15, 0.2) is 60.7 Å². The third-order valence-electron chi connectivity index (χ3n) is 6.49. The van der Waals surface area contributed by atoms with Gasteiger partial charge in [-0.15, -0.1) is 0 Å². The van der Waals surface area contributed by atoms with E-state index in [2.05, 4.69) is 10.6 Å². The van der Waals surface area contributed by atoms with Crippen LogP contribution >= 0.6 is 11.6 Å². The highest BCUT2D eigenvalue weighted by molar-refractivity contribution is 6.30. The van der Waals surface area contributed by atoms with E-state index in [-0.39, 0.29) is 30.0 Å². The van der Waals surface area contributed by atoms with Crippen molar-refractivity contribution < 1.29 is 41.1 Å². The summed E-state index contributed by atoms with van der Waals surface area (Å²) in [6.07, 6.45) is -5.56. The Morgan fingerprint density at radius 3 is 2.45 bits per heavy atom. The molecule has 0 aliphatic carbocycles. The average Bonchev–Trinajstić information content (AvgIpc) is 3.04. The second kappa shape index (κ2) is 12.4. The molecule has 0 fully saturated rings. The van der Waals surface area contributed by atoms with Crippen molar-refractivity contribution in [1.29, 1.82) is 0 Å². The molecule has 3 amide bonds. The highest BCUT2D eigenvalue weighted by Crippen LogP contribution is 2.35. The highest BCUT2D eigenvalue weighted by atomic mass is 35.5. The first kappa shape index (κ1) is 30.8. The molecule has 0 spiro atoms. The van der Waals surface area contributed by atoms with Crippen LogP contribution in [0.25, 0.3) is 0 Å².